The van der Waals surface area contributed by atoms with E-state index in [2.05, 4.69) is 31.0 Å². The number of rotatable bonds is 7. The molecule has 0 aromatic rings. The maximum Gasteiger partial charge on any atom is 0.00509 e. The van der Waals surface area contributed by atoms with Crippen LogP contribution in [0.4, 0.5) is 0 Å². The highest BCUT2D eigenvalue weighted by Gasteiger charge is 2.10. The van der Waals surface area contributed by atoms with Crippen molar-refractivity contribution in [2.24, 2.45) is 5.92 Å². The zero-order chi connectivity index (χ0) is 13.2. The lowest BCUT2D eigenvalue weighted by Gasteiger charge is -2.27. The van der Waals surface area contributed by atoms with Gasteiger partial charge in [-0.05, 0) is 58.3 Å². The Bertz CT molecular complexity index is 192. The lowest BCUT2D eigenvalue weighted by atomic mass is 10.0. The summed E-state index contributed by atoms with van der Waals surface area (Å²) in [6, 6.07) is 0.707. The van der Waals surface area contributed by atoms with Crippen LogP contribution in [-0.2, 0) is 0 Å². The van der Waals surface area contributed by atoms with Gasteiger partial charge in [-0.1, -0.05) is 39.5 Å². The Morgan fingerprint density at radius 3 is 2.67 bits per heavy atom. The summed E-state index contributed by atoms with van der Waals surface area (Å²) in [7, 11) is 0. The van der Waals surface area contributed by atoms with E-state index < -0.39 is 0 Å². The van der Waals surface area contributed by atoms with Crippen molar-refractivity contribution in [2.75, 3.05) is 26.2 Å². The summed E-state index contributed by atoms with van der Waals surface area (Å²) < 4.78 is 0. The molecule has 0 bridgehead atoms. The van der Waals surface area contributed by atoms with Crippen molar-refractivity contribution in [2.45, 2.75) is 71.8 Å². The number of hydrogen-bond donors (Lipinski definition) is 1. The van der Waals surface area contributed by atoms with E-state index in [1.165, 1.54) is 71.1 Å². The molecule has 1 aliphatic rings. The van der Waals surface area contributed by atoms with Gasteiger partial charge in [-0.15, -0.1) is 0 Å². The average Bonchev–Trinajstić information content (AvgIpc) is 2.31. The molecule has 0 spiro atoms. The van der Waals surface area contributed by atoms with Crippen molar-refractivity contribution < 1.29 is 0 Å². The van der Waals surface area contributed by atoms with Crippen LogP contribution in [0.5, 0.6) is 0 Å². The Balaban J connectivity index is 1.99. The zero-order valence-corrected chi connectivity index (χ0v) is 12.9. The molecule has 2 heteroatoms. The second-order valence-electron chi connectivity index (χ2n) is 6.44. The molecule has 18 heavy (non-hydrogen) atoms. The SMILES string of the molecule is CC(C)CCCCCCN1CCCNC(C)CC1. The average molecular weight is 254 g/mol. The molecular weight excluding hydrogens is 220 g/mol. The van der Waals surface area contributed by atoms with Gasteiger partial charge in [0, 0.05) is 6.04 Å². The Morgan fingerprint density at radius 1 is 1.11 bits per heavy atom. The number of unbranched alkanes of at least 4 members (excludes halogenated alkanes) is 3. The van der Waals surface area contributed by atoms with Crippen molar-refractivity contribution in [1.82, 2.24) is 10.2 Å². The molecule has 0 aromatic heterocycles. The van der Waals surface area contributed by atoms with Crippen LogP contribution in [0.25, 0.3) is 0 Å². The van der Waals surface area contributed by atoms with Crippen molar-refractivity contribution in [3.05, 3.63) is 0 Å². The van der Waals surface area contributed by atoms with Gasteiger partial charge < -0.3 is 10.2 Å². The first-order valence-corrected chi connectivity index (χ1v) is 8.14. The molecular formula is C16H34N2. The number of nitrogens with zero attached hydrogens (tertiary/aromatic N) is 1. The van der Waals surface area contributed by atoms with Crippen molar-refractivity contribution in [3.63, 3.8) is 0 Å². The minimum Gasteiger partial charge on any atom is -0.314 e. The predicted octanol–water partition coefficient (Wildman–Crippen LogP) is 3.67. The van der Waals surface area contributed by atoms with E-state index in [1.807, 2.05) is 0 Å². The fraction of sp³-hybridized carbons (Fsp3) is 1.00. The lowest BCUT2D eigenvalue weighted by molar-refractivity contribution is 0.232. The van der Waals surface area contributed by atoms with E-state index in [0.717, 1.165) is 5.92 Å². The summed E-state index contributed by atoms with van der Waals surface area (Å²) in [6.07, 6.45) is 9.73. The molecule has 1 saturated heterocycles. The summed E-state index contributed by atoms with van der Waals surface area (Å²) in [5, 5.41) is 3.57. The molecule has 108 valence electrons. The Hall–Kier alpha value is -0.0800. The molecule has 2 nitrogen and oxygen atoms in total. The summed E-state index contributed by atoms with van der Waals surface area (Å²) in [5.41, 5.74) is 0. The molecule has 1 aliphatic heterocycles. The van der Waals surface area contributed by atoms with Gasteiger partial charge in [0.1, 0.15) is 0 Å². The van der Waals surface area contributed by atoms with E-state index in [1.54, 1.807) is 0 Å². The predicted molar refractivity (Wildman–Crippen MR) is 81.1 cm³/mol. The summed E-state index contributed by atoms with van der Waals surface area (Å²) in [4.78, 5) is 2.68. The molecule has 1 heterocycles. The third kappa shape index (κ3) is 8.10. The summed E-state index contributed by atoms with van der Waals surface area (Å²) in [5.74, 6) is 0.883. The Labute approximate surface area is 115 Å². The fourth-order valence-electron chi connectivity index (χ4n) is 2.71. The molecule has 1 fully saturated rings. The fourth-order valence-corrected chi connectivity index (χ4v) is 2.71. The normalized spacial score (nSPS) is 23.0. The van der Waals surface area contributed by atoms with Gasteiger partial charge in [0.2, 0.25) is 0 Å². The van der Waals surface area contributed by atoms with Crippen molar-refractivity contribution in [3.8, 4) is 0 Å². The molecule has 0 aliphatic carbocycles. The van der Waals surface area contributed by atoms with Crippen molar-refractivity contribution in [1.29, 1.82) is 0 Å². The van der Waals surface area contributed by atoms with Gasteiger partial charge >= 0.3 is 0 Å². The molecule has 0 radical (unpaired) electrons. The van der Waals surface area contributed by atoms with Crippen LogP contribution in [-0.4, -0.2) is 37.1 Å². The van der Waals surface area contributed by atoms with E-state index in [0.29, 0.717) is 6.04 Å². The topological polar surface area (TPSA) is 15.3 Å². The highest BCUT2D eigenvalue weighted by molar-refractivity contribution is 4.69. The summed E-state index contributed by atoms with van der Waals surface area (Å²) >= 11 is 0. The highest BCUT2D eigenvalue weighted by atomic mass is 15.1. The standard InChI is InChI=1S/C16H34N2/c1-15(2)9-6-4-5-7-12-18-13-8-11-17-16(3)10-14-18/h15-17H,4-14H2,1-3H3. The smallest absolute Gasteiger partial charge is 0.00509 e. The van der Waals surface area contributed by atoms with Gasteiger partial charge in [0.05, 0.1) is 0 Å². The van der Waals surface area contributed by atoms with Gasteiger partial charge in [-0.3, -0.25) is 0 Å². The van der Waals surface area contributed by atoms with Crippen LogP contribution in [0.1, 0.15) is 65.7 Å². The molecule has 0 aromatic carbocycles. The second kappa shape index (κ2) is 9.80. The van der Waals surface area contributed by atoms with E-state index in [9.17, 15) is 0 Å². The quantitative estimate of drug-likeness (QED) is 0.697. The third-order valence-corrected chi connectivity index (χ3v) is 4.03. The highest BCUT2D eigenvalue weighted by Crippen LogP contribution is 2.10. The molecule has 1 N–H and O–H groups in total. The van der Waals surface area contributed by atoms with Gasteiger partial charge in [0.15, 0.2) is 0 Å². The molecule has 1 atom stereocenters. The monoisotopic (exact) mass is 254 g/mol. The van der Waals surface area contributed by atoms with E-state index >= 15 is 0 Å². The maximum absolute atomic E-state index is 3.57. The number of hydrogen-bond acceptors (Lipinski definition) is 2. The van der Waals surface area contributed by atoms with E-state index in [-0.39, 0.29) is 0 Å². The molecule has 0 amide bonds. The van der Waals surface area contributed by atoms with Crippen LogP contribution >= 0.6 is 0 Å². The van der Waals surface area contributed by atoms with Crippen LogP contribution in [0.15, 0.2) is 0 Å². The van der Waals surface area contributed by atoms with Gasteiger partial charge in [-0.25, -0.2) is 0 Å². The maximum atomic E-state index is 3.57. The Kier molecular flexibility index (Phi) is 8.70. The molecule has 0 saturated carbocycles. The zero-order valence-electron chi connectivity index (χ0n) is 12.9. The van der Waals surface area contributed by atoms with Crippen LogP contribution in [0, 0.1) is 5.92 Å². The van der Waals surface area contributed by atoms with Crippen molar-refractivity contribution >= 4 is 0 Å². The first kappa shape index (κ1) is 16.0. The van der Waals surface area contributed by atoms with Gasteiger partial charge in [-0.2, -0.15) is 0 Å². The van der Waals surface area contributed by atoms with Gasteiger partial charge in [0.25, 0.3) is 0 Å². The minimum atomic E-state index is 0.707. The van der Waals surface area contributed by atoms with Crippen LogP contribution < -0.4 is 5.32 Å². The van der Waals surface area contributed by atoms with Crippen LogP contribution in [0.2, 0.25) is 0 Å². The third-order valence-electron chi connectivity index (χ3n) is 4.03. The first-order chi connectivity index (χ1) is 8.68. The molecule has 1 unspecified atom stereocenters. The Morgan fingerprint density at radius 2 is 1.89 bits per heavy atom. The lowest BCUT2D eigenvalue weighted by Crippen LogP contribution is -2.38. The minimum absolute atomic E-state index is 0.707. The van der Waals surface area contributed by atoms with Crippen LogP contribution in [0.3, 0.4) is 0 Å². The second-order valence-corrected chi connectivity index (χ2v) is 6.44. The largest absolute Gasteiger partial charge is 0.314 e. The molecule has 1 rings (SSSR count). The van der Waals surface area contributed by atoms with E-state index in [4.69, 9.17) is 0 Å². The summed E-state index contributed by atoms with van der Waals surface area (Å²) in [6.45, 7) is 12.1. The number of nitrogens with one attached hydrogen (secondary N) is 1. The first-order valence-electron chi connectivity index (χ1n) is 8.14.